The van der Waals surface area contributed by atoms with Crippen LogP contribution in [0.15, 0.2) is 36.7 Å². The molecule has 130 valence electrons. The third kappa shape index (κ3) is 2.81. The molecule has 4 rings (SSSR count). The van der Waals surface area contributed by atoms with Crippen molar-refractivity contribution in [1.82, 2.24) is 24.2 Å². The number of carbonyl (C=O) groups is 1. The van der Waals surface area contributed by atoms with E-state index >= 15 is 0 Å². The van der Waals surface area contributed by atoms with Gasteiger partial charge in [0.05, 0.1) is 22.8 Å². The number of nitrogens with zero attached hydrogens (tertiary/aromatic N) is 5. The Kier molecular flexibility index (Phi) is 4.03. The van der Waals surface area contributed by atoms with E-state index in [9.17, 15) is 4.79 Å². The van der Waals surface area contributed by atoms with Crippen molar-refractivity contribution < 1.29 is 4.79 Å². The molecule has 0 radical (unpaired) electrons. The van der Waals surface area contributed by atoms with Crippen molar-refractivity contribution in [2.45, 2.75) is 32.2 Å². The first-order valence-electron chi connectivity index (χ1n) is 8.91. The van der Waals surface area contributed by atoms with Gasteiger partial charge >= 0.3 is 0 Å². The molecule has 0 saturated carbocycles. The number of hydrogen-bond acceptors (Lipinski definition) is 3. The Hall–Kier alpha value is -2.63. The molecule has 1 fully saturated rings. The Bertz CT molecular complexity index is 902. The number of likely N-dealkylation sites (tertiary alicyclic amines) is 1. The van der Waals surface area contributed by atoms with Crippen LogP contribution in [-0.2, 0) is 13.5 Å². The average Bonchev–Trinajstić information content (AvgIpc) is 3.24. The van der Waals surface area contributed by atoms with Gasteiger partial charge in [0.1, 0.15) is 5.82 Å². The monoisotopic (exact) mass is 337 g/mol. The standard InChI is InChI=1S/C19H23N5O/c1-3-18-21-16-6-4-5-7-17(16)24(18)15-8-10-23(11-9-15)19(25)14-12-20-22(2)13-14/h4-7,12-13,15H,3,8-11H2,1-2H3. The molecule has 25 heavy (non-hydrogen) atoms. The van der Waals surface area contributed by atoms with Crippen LogP contribution in [0.4, 0.5) is 0 Å². The molecule has 1 amide bonds. The van der Waals surface area contributed by atoms with E-state index in [1.165, 1.54) is 5.52 Å². The number of fused-ring (bicyclic) bond motifs is 1. The van der Waals surface area contributed by atoms with Gasteiger partial charge in [0, 0.05) is 38.8 Å². The summed E-state index contributed by atoms with van der Waals surface area (Å²) >= 11 is 0. The normalized spacial score (nSPS) is 15.8. The average molecular weight is 337 g/mol. The number of piperidine rings is 1. The van der Waals surface area contributed by atoms with E-state index in [0.29, 0.717) is 11.6 Å². The topological polar surface area (TPSA) is 56.0 Å². The van der Waals surface area contributed by atoms with Gasteiger partial charge in [-0.2, -0.15) is 5.10 Å². The largest absolute Gasteiger partial charge is 0.338 e. The highest BCUT2D eigenvalue weighted by Crippen LogP contribution is 2.29. The van der Waals surface area contributed by atoms with Crippen molar-refractivity contribution in [3.63, 3.8) is 0 Å². The third-order valence-corrected chi connectivity index (χ3v) is 5.05. The van der Waals surface area contributed by atoms with Gasteiger partial charge in [-0.05, 0) is 25.0 Å². The lowest BCUT2D eigenvalue weighted by Crippen LogP contribution is -2.39. The minimum Gasteiger partial charge on any atom is -0.338 e. The van der Waals surface area contributed by atoms with Gasteiger partial charge in [0.15, 0.2) is 0 Å². The minimum atomic E-state index is 0.0813. The van der Waals surface area contributed by atoms with Crippen molar-refractivity contribution in [3.8, 4) is 0 Å². The molecule has 0 atom stereocenters. The molecule has 3 aromatic rings. The number of benzene rings is 1. The first-order valence-corrected chi connectivity index (χ1v) is 8.91. The number of carbonyl (C=O) groups excluding carboxylic acids is 1. The predicted octanol–water partition coefficient (Wildman–Crippen LogP) is 2.81. The van der Waals surface area contributed by atoms with Gasteiger partial charge in [-0.1, -0.05) is 19.1 Å². The predicted molar refractivity (Wildman–Crippen MR) is 96.5 cm³/mol. The number of aromatic nitrogens is 4. The fraction of sp³-hybridized carbons (Fsp3) is 0.421. The zero-order chi connectivity index (χ0) is 17.4. The van der Waals surface area contributed by atoms with Crippen LogP contribution in [0.1, 0.15) is 42.0 Å². The molecule has 0 spiro atoms. The Morgan fingerprint density at radius 1 is 1.24 bits per heavy atom. The van der Waals surface area contributed by atoms with Crippen LogP contribution in [-0.4, -0.2) is 43.2 Å². The van der Waals surface area contributed by atoms with E-state index in [1.807, 2.05) is 18.0 Å². The summed E-state index contributed by atoms with van der Waals surface area (Å²) in [5.74, 6) is 1.22. The second-order valence-electron chi connectivity index (χ2n) is 6.67. The Morgan fingerprint density at radius 2 is 2.00 bits per heavy atom. The summed E-state index contributed by atoms with van der Waals surface area (Å²) in [5, 5.41) is 4.10. The van der Waals surface area contributed by atoms with Gasteiger partial charge in [0.2, 0.25) is 0 Å². The lowest BCUT2D eigenvalue weighted by Gasteiger charge is -2.33. The van der Waals surface area contributed by atoms with Gasteiger partial charge in [-0.25, -0.2) is 4.98 Å². The quantitative estimate of drug-likeness (QED) is 0.738. The zero-order valence-corrected chi connectivity index (χ0v) is 14.7. The number of para-hydroxylation sites is 2. The van der Waals surface area contributed by atoms with Crippen LogP contribution in [0.25, 0.3) is 11.0 Å². The molecule has 3 heterocycles. The van der Waals surface area contributed by atoms with Crippen LogP contribution in [0.2, 0.25) is 0 Å². The maximum absolute atomic E-state index is 12.6. The van der Waals surface area contributed by atoms with Crippen molar-refractivity contribution in [1.29, 1.82) is 0 Å². The van der Waals surface area contributed by atoms with Gasteiger partial charge in [0.25, 0.3) is 5.91 Å². The van der Waals surface area contributed by atoms with Crippen LogP contribution < -0.4 is 0 Å². The zero-order valence-electron chi connectivity index (χ0n) is 14.7. The van der Waals surface area contributed by atoms with Crippen LogP contribution >= 0.6 is 0 Å². The Balaban J connectivity index is 1.53. The first-order chi connectivity index (χ1) is 12.2. The lowest BCUT2D eigenvalue weighted by atomic mass is 10.0. The molecule has 2 aromatic heterocycles. The lowest BCUT2D eigenvalue weighted by molar-refractivity contribution is 0.0695. The summed E-state index contributed by atoms with van der Waals surface area (Å²) in [5.41, 5.74) is 2.94. The van der Waals surface area contributed by atoms with E-state index in [2.05, 4.69) is 34.8 Å². The van der Waals surface area contributed by atoms with E-state index < -0.39 is 0 Å². The molecule has 0 N–H and O–H groups in total. The molecule has 0 bridgehead atoms. The number of aryl methyl sites for hydroxylation is 2. The molecule has 6 nitrogen and oxygen atoms in total. The van der Waals surface area contributed by atoms with Crippen molar-refractivity contribution in [2.75, 3.05) is 13.1 Å². The highest BCUT2D eigenvalue weighted by Gasteiger charge is 2.27. The molecule has 0 aliphatic carbocycles. The molecule has 6 heteroatoms. The minimum absolute atomic E-state index is 0.0813. The van der Waals surface area contributed by atoms with E-state index in [4.69, 9.17) is 4.98 Å². The molecule has 1 aromatic carbocycles. The highest BCUT2D eigenvalue weighted by molar-refractivity contribution is 5.93. The first kappa shape index (κ1) is 15.9. The summed E-state index contributed by atoms with van der Waals surface area (Å²) in [7, 11) is 1.83. The van der Waals surface area contributed by atoms with Crippen molar-refractivity contribution in [2.24, 2.45) is 7.05 Å². The fourth-order valence-electron chi connectivity index (χ4n) is 3.79. The number of amides is 1. The maximum atomic E-state index is 12.6. The van der Waals surface area contributed by atoms with Gasteiger partial charge in [-0.3, -0.25) is 9.48 Å². The second kappa shape index (κ2) is 6.35. The number of rotatable bonds is 3. The Labute approximate surface area is 147 Å². The summed E-state index contributed by atoms with van der Waals surface area (Å²) < 4.78 is 4.06. The van der Waals surface area contributed by atoms with Crippen LogP contribution in [0, 0.1) is 0 Å². The Morgan fingerprint density at radius 3 is 2.68 bits per heavy atom. The van der Waals surface area contributed by atoms with E-state index in [1.54, 1.807) is 17.1 Å². The molecule has 1 saturated heterocycles. The smallest absolute Gasteiger partial charge is 0.257 e. The van der Waals surface area contributed by atoms with Crippen molar-refractivity contribution >= 4 is 16.9 Å². The van der Waals surface area contributed by atoms with E-state index in [-0.39, 0.29) is 5.91 Å². The summed E-state index contributed by atoms with van der Waals surface area (Å²) in [4.78, 5) is 19.3. The van der Waals surface area contributed by atoms with Crippen LogP contribution in [0.3, 0.4) is 0 Å². The number of hydrogen-bond donors (Lipinski definition) is 0. The number of imidazole rings is 1. The maximum Gasteiger partial charge on any atom is 0.257 e. The fourth-order valence-corrected chi connectivity index (χ4v) is 3.79. The van der Waals surface area contributed by atoms with Gasteiger partial charge < -0.3 is 9.47 Å². The SMILES string of the molecule is CCc1nc2ccccc2n1C1CCN(C(=O)c2cnn(C)c2)CC1. The molecule has 1 aliphatic rings. The summed E-state index contributed by atoms with van der Waals surface area (Å²) in [6, 6.07) is 8.73. The van der Waals surface area contributed by atoms with Gasteiger partial charge in [-0.15, -0.1) is 0 Å². The highest BCUT2D eigenvalue weighted by atomic mass is 16.2. The van der Waals surface area contributed by atoms with Crippen molar-refractivity contribution in [3.05, 3.63) is 48.0 Å². The van der Waals surface area contributed by atoms with E-state index in [0.717, 1.165) is 43.7 Å². The molecular formula is C19H23N5O. The molecule has 0 unspecified atom stereocenters. The second-order valence-corrected chi connectivity index (χ2v) is 6.67. The molecular weight excluding hydrogens is 314 g/mol. The van der Waals surface area contributed by atoms with Crippen LogP contribution in [0.5, 0.6) is 0 Å². The summed E-state index contributed by atoms with van der Waals surface area (Å²) in [6.07, 6.45) is 6.27. The summed E-state index contributed by atoms with van der Waals surface area (Å²) in [6.45, 7) is 3.70. The third-order valence-electron chi connectivity index (χ3n) is 5.05. The molecule has 1 aliphatic heterocycles.